The lowest BCUT2D eigenvalue weighted by Gasteiger charge is -2.40. The summed E-state index contributed by atoms with van der Waals surface area (Å²) in [5.74, 6) is 0.194. The van der Waals surface area contributed by atoms with Gasteiger partial charge in [0.1, 0.15) is 16.8 Å². The van der Waals surface area contributed by atoms with Gasteiger partial charge >= 0.3 is 0 Å². The van der Waals surface area contributed by atoms with E-state index in [0.717, 1.165) is 0 Å². The Morgan fingerprint density at radius 2 is 2.00 bits per heavy atom. The van der Waals surface area contributed by atoms with Gasteiger partial charge in [-0.25, -0.2) is 14.4 Å². The summed E-state index contributed by atoms with van der Waals surface area (Å²) in [5, 5.41) is 3.37. The summed E-state index contributed by atoms with van der Waals surface area (Å²) in [7, 11) is 0. The average molecular weight is 438 g/mol. The van der Waals surface area contributed by atoms with Crippen molar-refractivity contribution in [3.8, 4) is 0 Å². The summed E-state index contributed by atoms with van der Waals surface area (Å²) in [6.45, 7) is 5.46. The SMILES string of the molecule is CC(=O)N1CCN(c2cc(Cl)nc(SCC(=O)Nc3ccc(F)cc3)n2)CC1C. The second-order valence-electron chi connectivity index (χ2n) is 6.68. The fraction of sp³-hybridized carbons (Fsp3) is 0.368. The lowest BCUT2D eigenvalue weighted by atomic mass is 10.2. The van der Waals surface area contributed by atoms with Crippen LogP contribution in [0.5, 0.6) is 0 Å². The van der Waals surface area contributed by atoms with Gasteiger partial charge in [0.2, 0.25) is 11.8 Å². The number of hydrogen-bond donors (Lipinski definition) is 1. The van der Waals surface area contributed by atoms with Crippen molar-refractivity contribution in [2.24, 2.45) is 0 Å². The third kappa shape index (κ3) is 5.80. The van der Waals surface area contributed by atoms with E-state index in [2.05, 4.69) is 20.2 Å². The molecule has 0 spiro atoms. The molecule has 0 saturated carbocycles. The van der Waals surface area contributed by atoms with E-state index in [1.807, 2.05) is 11.8 Å². The van der Waals surface area contributed by atoms with Crippen LogP contribution in [-0.4, -0.2) is 58.1 Å². The maximum atomic E-state index is 12.9. The van der Waals surface area contributed by atoms with E-state index in [9.17, 15) is 14.0 Å². The Morgan fingerprint density at radius 1 is 1.28 bits per heavy atom. The highest BCUT2D eigenvalue weighted by Crippen LogP contribution is 2.24. The van der Waals surface area contributed by atoms with E-state index in [1.165, 1.54) is 36.0 Å². The van der Waals surface area contributed by atoms with Crippen molar-refractivity contribution < 1.29 is 14.0 Å². The van der Waals surface area contributed by atoms with Gasteiger partial charge in [-0.2, -0.15) is 0 Å². The van der Waals surface area contributed by atoms with E-state index < -0.39 is 0 Å². The number of benzene rings is 1. The largest absolute Gasteiger partial charge is 0.353 e. The number of aromatic nitrogens is 2. The third-order valence-corrected chi connectivity index (χ3v) is 5.52. The van der Waals surface area contributed by atoms with Crippen LogP contribution in [-0.2, 0) is 9.59 Å². The first-order valence-electron chi connectivity index (χ1n) is 9.07. The van der Waals surface area contributed by atoms with Gasteiger partial charge in [-0.3, -0.25) is 9.59 Å². The summed E-state index contributed by atoms with van der Waals surface area (Å²) in [4.78, 5) is 36.4. The molecular formula is C19H21ClFN5O2S. The van der Waals surface area contributed by atoms with Gasteiger partial charge in [0, 0.05) is 44.4 Å². The predicted molar refractivity (Wildman–Crippen MR) is 112 cm³/mol. The number of piperazine rings is 1. The molecule has 1 unspecified atom stereocenters. The summed E-state index contributed by atoms with van der Waals surface area (Å²) >= 11 is 7.32. The van der Waals surface area contributed by atoms with Crippen LogP contribution in [0.3, 0.4) is 0 Å². The van der Waals surface area contributed by atoms with Gasteiger partial charge in [-0.1, -0.05) is 23.4 Å². The molecule has 0 aliphatic carbocycles. The lowest BCUT2D eigenvalue weighted by molar-refractivity contribution is -0.131. The highest BCUT2D eigenvalue weighted by molar-refractivity contribution is 7.99. The quantitative estimate of drug-likeness (QED) is 0.440. The second-order valence-corrected chi connectivity index (χ2v) is 8.01. The fourth-order valence-corrected chi connectivity index (χ4v) is 3.99. The molecule has 29 heavy (non-hydrogen) atoms. The predicted octanol–water partition coefficient (Wildman–Crippen LogP) is 3.06. The third-order valence-electron chi connectivity index (χ3n) is 4.48. The molecule has 2 aromatic rings. The monoisotopic (exact) mass is 437 g/mol. The Hall–Kier alpha value is -2.39. The first kappa shape index (κ1) is 21.3. The van der Waals surface area contributed by atoms with Crippen LogP contribution < -0.4 is 10.2 Å². The van der Waals surface area contributed by atoms with E-state index in [-0.39, 0.29) is 34.6 Å². The molecule has 7 nitrogen and oxygen atoms in total. The first-order valence-corrected chi connectivity index (χ1v) is 10.4. The van der Waals surface area contributed by atoms with Crippen LogP contribution in [0.1, 0.15) is 13.8 Å². The average Bonchev–Trinajstić information content (AvgIpc) is 2.67. The van der Waals surface area contributed by atoms with Crippen molar-refractivity contribution in [3.05, 3.63) is 41.3 Å². The Morgan fingerprint density at radius 3 is 2.66 bits per heavy atom. The van der Waals surface area contributed by atoms with E-state index >= 15 is 0 Å². The minimum atomic E-state index is -0.365. The van der Waals surface area contributed by atoms with Crippen LogP contribution in [0, 0.1) is 5.82 Å². The molecule has 1 aliphatic heterocycles. The molecule has 1 atom stereocenters. The smallest absolute Gasteiger partial charge is 0.234 e. The minimum absolute atomic E-state index is 0.0567. The number of anilines is 2. The number of nitrogens with zero attached hydrogens (tertiary/aromatic N) is 4. The molecule has 1 N–H and O–H groups in total. The highest BCUT2D eigenvalue weighted by atomic mass is 35.5. The van der Waals surface area contributed by atoms with Crippen molar-refractivity contribution in [1.82, 2.24) is 14.9 Å². The van der Waals surface area contributed by atoms with E-state index in [0.29, 0.717) is 36.3 Å². The molecular weight excluding hydrogens is 417 g/mol. The van der Waals surface area contributed by atoms with Crippen LogP contribution >= 0.6 is 23.4 Å². The van der Waals surface area contributed by atoms with Gasteiger partial charge in [0.15, 0.2) is 5.16 Å². The van der Waals surface area contributed by atoms with Crippen LogP contribution in [0.15, 0.2) is 35.5 Å². The summed E-state index contributed by atoms with van der Waals surface area (Å²) < 4.78 is 12.9. The number of carbonyl (C=O) groups excluding carboxylic acids is 2. The molecule has 3 rings (SSSR count). The summed E-state index contributed by atoms with van der Waals surface area (Å²) in [6, 6.07) is 7.29. The van der Waals surface area contributed by atoms with Gasteiger partial charge in [-0.05, 0) is 31.2 Å². The molecule has 0 radical (unpaired) electrons. The first-order chi connectivity index (χ1) is 13.8. The molecule has 0 bridgehead atoms. The zero-order chi connectivity index (χ0) is 21.0. The number of carbonyl (C=O) groups is 2. The maximum absolute atomic E-state index is 12.9. The summed E-state index contributed by atoms with van der Waals surface area (Å²) in [6.07, 6.45) is 0. The molecule has 1 saturated heterocycles. The number of nitrogens with one attached hydrogen (secondary N) is 1. The van der Waals surface area contributed by atoms with Gasteiger partial charge < -0.3 is 15.1 Å². The molecule has 2 heterocycles. The van der Waals surface area contributed by atoms with Crippen molar-refractivity contribution in [3.63, 3.8) is 0 Å². The number of amides is 2. The molecule has 1 aromatic heterocycles. The van der Waals surface area contributed by atoms with E-state index in [1.54, 1.807) is 13.0 Å². The highest BCUT2D eigenvalue weighted by Gasteiger charge is 2.26. The minimum Gasteiger partial charge on any atom is -0.353 e. The zero-order valence-corrected chi connectivity index (χ0v) is 17.6. The molecule has 154 valence electrons. The Labute approximate surface area is 177 Å². The number of thioether (sulfide) groups is 1. The molecule has 2 amide bonds. The van der Waals surface area contributed by atoms with Crippen LogP contribution in [0.2, 0.25) is 5.15 Å². The van der Waals surface area contributed by atoms with Crippen molar-refractivity contribution in [2.75, 3.05) is 35.6 Å². The van der Waals surface area contributed by atoms with Gasteiger partial charge in [0.05, 0.1) is 5.75 Å². The van der Waals surface area contributed by atoms with Crippen LogP contribution in [0.4, 0.5) is 15.9 Å². The number of rotatable bonds is 5. The van der Waals surface area contributed by atoms with Crippen molar-refractivity contribution >= 4 is 46.7 Å². The molecule has 1 fully saturated rings. The normalized spacial score (nSPS) is 16.6. The second kappa shape index (κ2) is 9.41. The maximum Gasteiger partial charge on any atom is 0.234 e. The van der Waals surface area contributed by atoms with Crippen molar-refractivity contribution in [2.45, 2.75) is 25.0 Å². The standard InChI is InChI=1S/C19H21ClFN5O2S/c1-12-10-25(7-8-26(12)13(2)27)17-9-16(20)23-19(24-17)29-11-18(28)22-15-5-3-14(21)4-6-15/h3-6,9,12H,7-8,10-11H2,1-2H3,(H,22,28). The van der Waals surface area contributed by atoms with Crippen LogP contribution in [0.25, 0.3) is 0 Å². The molecule has 1 aromatic carbocycles. The Bertz CT molecular complexity index is 899. The Kier molecular flexibility index (Phi) is 6.92. The van der Waals surface area contributed by atoms with Gasteiger partial charge in [-0.15, -0.1) is 0 Å². The molecule has 1 aliphatic rings. The zero-order valence-electron chi connectivity index (χ0n) is 16.1. The molecule has 10 heteroatoms. The lowest BCUT2D eigenvalue weighted by Crippen LogP contribution is -2.53. The van der Waals surface area contributed by atoms with E-state index in [4.69, 9.17) is 11.6 Å². The van der Waals surface area contributed by atoms with Gasteiger partial charge in [0.25, 0.3) is 0 Å². The van der Waals surface area contributed by atoms with Crippen molar-refractivity contribution in [1.29, 1.82) is 0 Å². The fourth-order valence-electron chi connectivity index (χ4n) is 3.11. The number of halogens is 2. The Balaban J connectivity index is 1.61. The summed E-state index contributed by atoms with van der Waals surface area (Å²) in [5.41, 5.74) is 0.516. The topological polar surface area (TPSA) is 78.4 Å². The number of hydrogen-bond acceptors (Lipinski definition) is 6.